The molecule has 0 saturated heterocycles. The molecule has 1 aromatic rings. The Labute approximate surface area is 101 Å². The third-order valence-corrected chi connectivity index (χ3v) is 2.91. The molecule has 0 heterocycles. The van der Waals surface area contributed by atoms with Gasteiger partial charge in [0.05, 0.1) is 6.61 Å². The number of ether oxygens (including phenoxy) is 1. The molecule has 0 unspecified atom stereocenters. The van der Waals surface area contributed by atoms with Crippen molar-refractivity contribution in [3.05, 3.63) is 29.6 Å². The van der Waals surface area contributed by atoms with Crippen LogP contribution in [0.1, 0.15) is 37.0 Å². The SMILES string of the molecule is CC(C)C(=O)c1ccc(F)c(OCC2CC2)c1. The summed E-state index contributed by atoms with van der Waals surface area (Å²) >= 11 is 0. The monoisotopic (exact) mass is 236 g/mol. The molecule has 0 aromatic heterocycles. The van der Waals surface area contributed by atoms with Gasteiger partial charge in [0.15, 0.2) is 17.3 Å². The number of halogens is 1. The maximum Gasteiger partial charge on any atom is 0.165 e. The van der Waals surface area contributed by atoms with E-state index >= 15 is 0 Å². The first-order chi connectivity index (χ1) is 8.08. The first-order valence-electron chi connectivity index (χ1n) is 6.04. The zero-order chi connectivity index (χ0) is 12.4. The summed E-state index contributed by atoms with van der Waals surface area (Å²) in [4.78, 5) is 11.8. The number of Topliss-reactive ketones (excluding diaryl/α,β-unsaturated/α-hetero) is 1. The van der Waals surface area contributed by atoms with Crippen molar-refractivity contribution in [2.24, 2.45) is 11.8 Å². The number of benzene rings is 1. The Morgan fingerprint density at radius 1 is 1.47 bits per heavy atom. The smallest absolute Gasteiger partial charge is 0.165 e. The van der Waals surface area contributed by atoms with E-state index in [1.54, 1.807) is 0 Å². The number of ketones is 1. The van der Waals surface area contributed by atoms with E-state index in [1.807, 2.05) is 13.8 Å². The molecule has 0 aliphatic heterocycles. The number of carbonyl (C=O) groups is 1. The molecule has 1 aliphatic rings. The van der Waals surface area contributed by atoms with Gasteiger partial charge in [0.2, 0.25) is 0 Å². The van der Waals surface area contributed by atoms with Crippen LogP contribution in [0.15, 0.2) is 18.2 Å². The molecule has 1 aliphatic carbocycles. The Morgan fingerprint density at radius 2 is 2.18 bits per heavy atom. The Kier molecular flexibility index (Phi) is 3.46. The molecule has 0 bridgehead atoms. The molecule has 2 nitrogen and oxygen atoms in total. The van der Waals surface area contributed by atoms with Crippen LogP contribution in [0.25, 0.3) is 0 Å². The van der Waals surface area contributed by atoms with E-state index in [9.17, 15) is 9.18 Å². The van der Waals surface area contributed by atoms with Gasteiger partial charge >= 0.3 is 0 Å². The summed E-state index contributed by atoms with van der Waals surface area (Å²) in [7, 11) is 0. The summed E-state index contributed by atoms with van der Waals surface area (Å²) < 4.78 is 18.9. The average Bonchev–Trinajstić information content (AvgIpc) is 3.11. The minimum atomic E-state index is -0.397. The molecule has 1 fully saturated rings. The topological polar surface area (TPSA) is 26.3 Å². The molecule has 0 N–H and O–H groups in total. The van der Waals surface area contributed by atoms with E-state index in [-0.39, 0.29) is 17.5 Å². The summed E-state index contributed by atoms with van der Waals surface area (Å²) in [6.45, 7) is 4.21. The van der Waals surface area contributed by atoms with E-state index in [2.05, 4.69) is 0 Å². The number of hydrogen-bond donors (Lipinski definition) is 0. The van der Waals surface area contributed by atoms with Crippen LogP contribution in [0.5, 0.6) is 5.75 Å². The summed E-state index contributed by atoms with van der Waals surface area (Å²) in [6, 6.07) is 4.33. The van der Waals surface area contributed by atoms with Crippen LogP contribution in [0, 0.1) is 17.7 Å². The van der Waals surface area contributed by atoms with Crippen molar-refractivity contribution in [2.75, 3.05) is 6.61 Å². The lowest BCUT2D eigenvalue weighted by Crippen LogP contribution is -2.08. The first kappa shape index (κ1) is 12.1. The van der Waals surface area contributed by atoms with Crippen LogP contribution < -0.4 is 4.74 Å². The van der Waals surface area contributed by atoms with Gasteiger partial charge in [0.25, 0.3) is 0 Å². The highest BCUT2D eigenvalue weighted by molar-refractivity contribution is 5.97. The van der Waals surface area contributed by atoms with Crippen LogP contribution in [0.3, 0.4) is 0 Å². The summed E-state index contributed by atoms with van der Waals surface area (Å²) in [6.07, 6.45) is 2.32. The molecular weight excluding hydrogens is 219 g/mol. The Hall–Kier alpha value is -1.38. The Bertz CT molecular complexity index is 422. The van der Waals surface area contributed by atoms with E-state index in [1.165, 1.54) is 18.2 Å². The highest BCUT2D eigenvalue weighted by Crippen LogP contribution is 2.30. The highest BCUT2D eigenvalue weighted by Gasteiger charge is 2.23. The van der Waals surface area contributed by atoms with Crippen molar-refractivity contribution in [3.8, 4) is 5.75 Å². The van der Waals surface area contributed by atoms with E-state index in [0.717, 1.165) is 12.8 Å². The lowest BCUT2D eigenvalue weighted by Gasteiger charge is -2.09. The van der Waals surface area contributed by atoms with Gasteiger partial charge in [-0.1, -0.05) is 13.8 Å². The van der Waals surface area contributed by atoms with E-state index in [0.29, 0.717) is 18.1 Å². The molecule has 0 spiro atoms. The lowest BCUT2D eigenvalue weighted by molar-refractivity contribution is 0.0939. The molecule has 0 atom stereocenters. The van der Waals surface area contributed by atoms with Crippen molar-refractivity contribution in [1.82, 2.24) is 0 Å². The van der Waals surface area contributed by atoms with E-state index in [4.69, 9.17) is 4.74 Å². The largest absolute Gasteiger partial charge is 0.490 e. The maximum absolute atomic E-state index is 13.5. The van der Waals surface area contributed by atoms with Crippen molar-refractivity contribution < 1.29 is 13.9 Å². The molecule has 2 rings (SSSR count). The van der Waals surface area contributed by atoms with Gasteiger partial charge in [-0.15, -0.1) is 0 Å². The van der Waals surface area contributed by atoms with Gasteiger partial charge in [-0.3, -0.25) is 4.79 Å². The fourth-order valence-electron chi connectivity index (χ4n) is 1.59. The number of carbonyl (C=O) groups excluding carboxylic acids is 1. The second-order valence-corrected chi connectivity index (χ2v) is 4.92. The van der Waals surface area contributed by atoms with Crippen molar-refractivity contribution >= 4 is 5.78 Å². The van der Waals surface area contributed by atoms with Crippen molar-refractivity contribution in [1.29, 1.82) is 0 Å². The van der Waals surface area contributed by atoms with Crippen LogP contribution >= 0.6 is 0 Å². The predicted octanol–water partition coefficient (Wildman–Crippen LogP) is 3.45. The summed E-state index contributed by atoms with van der Waals surface area (Å²) in [5.41, 5.74) is 0.521. The van der Waals surface area contributed by atoms with Gasteiger partial charge in [0, 0.05) is 11.5 Å². The van der Waals surface area contributed by atoms with Gasteiger partial charge in [-0.25, -0.2) is 4.39 Å². The van der Waals surface area contributed by atoms with E-state index < -0.39 is 5.82 Å². The van der Waals surface area contributed by atoms with Crippen LogP contribution in [-0.2, 0) is 0 Å². The fraction of sp³-hybridized carbons (Fsp3) is 0.500. The Balaban J connectivity index is 2.12. The highest BCUT2D eigenvalue weighted by atomic mass is 19.1. The molecular formula is C14H17FO2. The molecule has 1 aromatic carbocycles. The third-order valence-electron chi connectivity index (χ3n) is 2.91. The predicted molar refractivity (Wildman–Crippen MR) is 63.8 cm³/mol. The molecule has 0 radical (unpaired) electrons. The molecule has 3 heteroatoms. The normalized spacial score (nSPS) is 15.1. The van der Waals surface area contributed by atoms with Crippen LogP contribution in [0.4, 0.5) is 4.39 Å². The molecule has 17 heavy (non-hydrogen) atoms. The quantitative estimate of drug-likeness (QED) is 0.732. The first-order valence-corrected chi connectivity index (χ1v) is 6.04. The minimum Gasteiger partial charge on any atom is -0.490 e. The van der Waals surface area contributed by atoms with Crippen LogP contribution in [0.2, 0.25) is 0 Å². The standard InChI is InChI=1S/C14H17FO2/c1-9(2)14(16)11-5-6-12(15)13(7-11)17-8-10-3-4-10/h5-7,9-10H,3-4,8H2,1-2H3. The molecule has 0 amide bonds. The molecule has 1 saturated carbocycles. The van der Waals surface area contributed by atoms with Gasteiger partial charge in [0.1, 0.15) is 0 Å². The van der Waals surface area contributed by atoms with Gasteiger partial charge in [-0.2, -0.15) is 0 Å². The number of hydrogen-bond acceptors (Lipinski definition) is 2. The zero-order valence-electron chi connectivity index (χ0n) is 10.2. The van der Waals surface area contributed by atoms with Crippen molar-refractivity contribution in [3.63, 3.8) is 0 Å². The van der Waals surface area contributed by atoms with Crippen LogP contribution in [-0.4, -0.2) is 12.4 Å². The average molecular weight is 236 g/mol. The third kappa shape index (κ3) is 3.05. The summed E-state index contributed by atoms with van der Waals surface area (Å²) in [5, 5.41) is 0. The van der Waals surface area contributed by atoms with Gasteiger partial charge in [-0.05, 0) is 37.0 Å². The summed E-state index contributed by atoms with van der Waals surface area (Å²) in [5.74, 6) is 0.297. The fourth-order valence-corrected chi connectivity index (χ4v) is 1.59. The Morgan fingerprint density at radius 3 is 2.76 bits per heavy atom. The maximum atomic E-state index is 13.5. The van der Waals surface area contributed by atoms with Gasteiger partial charge < -0.3 is 4.74 Å². The minimum absolute atomic E-state index is 0.0151. The second kappa shape index (κ2) is 4.86. The van der Waals surface area contributed by atoms with Crippen molar-refractivity contribution in [2.45, 2.75) is 26.7 Å². The second-order valence-electron chi connectivity index (χ2n) is 4.92. The zero-order valence-corrected chi connectivity index (χ0v) is 10.2. The lowest BCUT2D eigenvalue weighted by atomic mass is 10.0. The molecule has 92 valence electrons. The number of rotatable bonds is 5.